The summed E-state index contributed by atoms with van der Waals surface area (Å²) in [6.45, 7) is 0. The molecule has 0 aliphatic carbocycles. The van der Waals surface area contributed by atoms with Gasteiger partial charge in [0, 0.05) is 62.8 Å². The summed E-state index contributed by atoms with van der Waals surface area (Å²) >= 11 is 5.91. The Balaban J connectivity index is 0.936. The van der Waals surface area contributed by atoms with Crippen LogP contribution in [0.15, 0.2) is 284 Å². The van der Waals surface area contributed by atoms with Gasteiger partial charge in [-0.15, -0.1) is 0 Å². The summed E-state index contributed by atoms with van der Waals surface area (Å²) in [4.78, 5) is 94.2. The monoisotopic (exact) mass is 1520 g/mol. The summed E-state index contributed by atoms with van der Waals surface area (Å²) in [5, 5.41) is 12.1. The second kappa shape index (κ2) is 30.2. The van der Waals surface area contributed by atoms with Gasteiger partial charge in [-0.3, -0.25) is 28.8 Å². The van der Waals surface area contributed by atoms with Crippen molar-refractivity contribution in [3.05, 3.63) is 288 Å². The van der Waals surface area contributed by atoms with Crippen LogP contribution in [0.25, 0.3) is 97.0 Å². The zero-order valence-corrected chi connectivity index (χ0v) is 63.5. The van der Waals surface area contributed by atoms with Gasteiger partial charge < -0.3 is 28.4 Å². The fourth-order valence-electron chi connectivity index (χ4n) is 13.3. The lowest BCUT2D eigenvalue weighted by atomic mass is 9.94. The zero-order valence-electron chi connectivity index (χ0n) is 58.6. The first kappa shape index (κ1) is 71.1. The van der Waals surface area contributed by atoms with Crippen molar-refractivity contribution in [1.82, 2.24) is 0 Å². The lowest BCUT2D eigenvalue weighted by Crippen LogP contribution is -2.00. The Bertz CT molecular complexity index is 5480. The number of hydrogen-bond acceptors (Lipinski definition) is 18. The molecule has 0 radical (unpaired) electrons. The average molecular weight is 1530 g/mol. The maximum atomic E-state index is 15.2. The van der Waals surface area contributed by atoms with E-state index in [1.807, 2.05) is 218 Å². The van der Waals surface area contributed by atoms with Crippen LogP contribution in [0, 0.1) is 0 Å². The molecule has 0 aliphatic heterocycles. The van der Waals surface area contributed by atoms with E-state index < -0.39 is 0 Å². The summed E-state index contributed by atoms with van der Waals surface area (Å²) in [5.41, 5.74) is 2.48. The van der Waals surface area contributed by atoms with Crippen molar-refractivity contribution in [1.29, 1.82) is 0 Å². The first-order chi connectivity index (χ1) is 52.6. The number of methoxy groups -OCH3 is 6. The average Bonchev–Trinajstić information content (AvgIpc) is 0.720. The number of thioether (sulfide) groups is 6. The molecule has 0 saturated heterocycles. The fraction of sp³-hybridized carbons (Fsp3) is 0.0667. The number of fused-ring (bicyclic) bond motifs is 12. The second-order valence-electron chi connectivity index (χ2n) is 25.4. The molecule has 0 aromatic heterocycles. The van der Waals surface area contributed by atoms with Gasteiger partial charge in [0.05, 0.1) is 42.7 Å². The van der Waals surface area contributed by atoms with E-state index in [9.17, 15) is 0 Å². The van der Waals surface area contributed by atoms with Crippen LogP contribution < -0.4 is 28.4 Å². The summed E-state index contributed by atoms with van der Waals surface area (Å²) < 4.78 is 33.2. The molecule has 0 saturated carbocycles. The minimum atomic E-state index is -0.297. The van der Waals surface area contributed by atoms with Crippen LogP contribution in [0.3, 0.4) is 0 Å². The van der Waals surface area contributed by atoms with Crippen LogP contribution in [0.4, 0.5) is 0 Å². The van der Waals surface area contributed by atoms with E-state index in [-0.39, 0.29) is 30.7 Å². The van der Waals surface area contributed by atoms with Crippen molar-refractivity contribution in [3.8, 4) is 34.5 Å². The summed E-state index contributed by atoms with van der Waals surface area (Å²) in [7, 11) is 9.62. The number of carbonyl (C=O) groups is 6. The van der Waals surface area contributed by atoms with Gasteiger partial charge in [-0.05, 0) is 350 Å². The normalized spacial score (nSPS) is 11.5. The highest BCUT2D eigenvalue weighted by Crippen LogP contribution is 2.50. The molecule has 0 amide bonds. The third kappa shape index (κ3) is 14.4. The van der Waals surface area contributed by atoms with E-state index in [4.69, 9.17) is 28.4 Å². The van der Waals surface area contributed by atoms with Crippen molar-refractivity contribution >= 4 is 198 Å². The number of ether oxygens (including phenoxy) is 6. The third-order valence-corrected chi connectivity index (χ3v) is 25.3. The SMILES string of the molecule is COc1ccc2cc(C(=O)Sc3cc4c5cc(SC(=O)c6ccc7cc(OC)ccc7c6)c(SC(=O)c6ccc7cc(OC)ccc7c6)cc5c5cc(SC(=O)c6ccc7cc(OC)ccc7c6)c(SC(=O)c6ccc7cc(OC)ccc7c6)cc5c4cc3SC(=O)c3ccc4cc(OC)ccc4c3)ccc2c1. The number of benzene rings is 16. The molecule has 108 heavy (non-hydrogen) atoms. The third-order valence-electron chi connectivity index (χ3n) is 19.0. The van der Waals surface area contributed by atoms with Gasteiger partial charge in [0.15, 0.2) is 0 Å². The lowest BCUT2D eigenvalue weighted by Gasteiger charge is -2.19. The van der Waals surface area contributed by atoms with Crippen molar-refractivity contribution in [2.75, 3.05) is 42.7 Å². The minimum Gasteiger partial charge on any atom is -0.497 e. The van der Waals surface area contributed by atoms with Gasteiger partial charge in [-0.1, -0.05) is 72.8 Å². The first-order valence-electron chi connectivity index (χ1n) is 33.9. The van der Waals surface area contributed by atoms with Crippen LogP contribution in [0.1, 0.15) is 62.1 Å². The van der Waals surface area contributed by atoms with E-state index in [1.165, 1.54) is 0 Å². The standard InChI is InChI=1S/C90H60O12S6/c1-97-67-25-19-49-31-61(13-7-55(49)37-67)85(91)103-79-43-73-74(44-80(79)104-86(92)62-14-8-56-38-68(98-2)26-20-50(56)32-62)76-46-82(106-88(94)64-16-10-58-40-70(100-4)28-22-52(58)34-64)84(108-90(96)66-18-12-60-42-72(102-6)30-24-54(60)36-66)48-78(76)77-47-83(107-89(95)65-17-11-59-41-71(101-5)29-23-53(59)35-65)81(45-75(73)77)105-87(93)63-15-9-57-39-69(99-3)27-21-51(57)33-63/h7-48H,1-6H3. The number of carbonyl (C=O) groups excluding carboxylic acids is 6. The molecule has 528 valence electrons. The number of rotatable bonds is 18. The van der Waals surface area contributed by atoms with Crippen LogP contribution in [-0.4, -0.2) is 73.4 Å². The van der Waals surface area contributed by atoms with E-state index in [2.05, 4.69) is 0 Å². The molecule has 12 nitrogen and oxygen atoms in total. The maximum absolute atomic E-state index is 15.2. The highest BCUT2D eigenvalue weighted by atomic mass is 32.2. The zero-order chi connectivity index (χ0) is 74.4. The van der Waals surface area contributed by atoms with Crippen molar-refractivity contribution < 1.29 is 57.2 Å². The van der Waals surface area contributed by atoms with Crippen LogP contribution in [0.2, 0.25) is 0 Å². The molecular weight excluding hydrogens is 1470 g/mol. The Labute approximate surface area is 645 Å². The highest BCUT2D eigenvalue weighted by molar-refractivity contribution is 8.18. The smallest absolute Gasteiger partial charge is 0.224 e. The fourth-order valence-corrected chi connectivity index (χ4v) is 18.7. The topological polar surface area (TPSA) is 158 Å². The molecule has 16 aromatic carbocycles. The molecular formula is C90H60O12S6. The van der Waals surface area contributed by atoms with Crippen LogP contribution in [0.5, 0.6) is 34.5 Å². The molecule has 0 atom stereocenters. The molecule has 0 spiro atoms. The molecule has 18 heteroatoms. The van der Waals surface area contributed by atoms with Crippen molar-refractivity contribution in [2.45, 2.75) is 29.4 Å². The molecule has 16 rings (SSSR count). The van der Waals surface area contributed by atoms with Gasteiger partial charge in [-0.25, -0.2) is 0 Å². The molecule has 0 fully saturated rings. The minimum absolute atomic E-state index is 0.297. The Hall–Kier alpha value is -11.2. The Morgan fingerprint density at radius 2 is 0.306 bits per heavy atom. The van der Waals surface area contributed by atoms with Gasteiger partial charge in [0.2, 0.25) is 30.7 Å². The van der Waals surface area contributed by atoms with Crippen LogP contribution >= 0.6 is 70.6 Å². The predicted molar refractivity (Wildman–Crippen MR) is 443 cm³/mol. The summed E-state index contributed by atoms with van der Waals surface area (Å²) in [5.74, 6) is 4.03. The second-order valence-corrected chi connectivity index (χ2v) is 31.5. The van der Waals surface area contributed by atoms with Gasteiger partial charge in [0.1, 0.15) is 34.5 Å². The van der Waals surface area contributed by atoms with E-state index in [0.717, 1.165) is 135 Å². The van der Waals surface area contributed by atoms with Gasteiger partial charge >= 0.3 is 0 Å². The lowest BCUT2D eigenvalue weighted by molar-refractivity contribution is 0.108. The molecule has 0 aliphatic rings. The van der Waals surface area contributed by atoms with Crippen molar-refractivity contribution in [3.63, 3.8) is 0 Å². The molecule has 0 heterocycles. The molecule has 16 aromatic rings. The van der Waals surface area contributed by atoms with Gasteiger partial charge in [-0.2, -0.15) is 0 Å². The van der Waals surface area contributed by atoms with E-state index in [1.54, 1.807) is 79.1 Å². The highest BCUT2D eigenvalue weighted by Gasteiger charge is 2.27. The summed E-state index contributed by atoms with van der Waals surface area (Å²) in [6.07, 6.45) is 0. The quantitative estimate of drug-likeness (QED) is 0.0589. The van der Waals surface area contributed by atoms with Crippen LogP contribution in [-0.2, 0) is 0 Å². The molecule has 0 bridgehead atoms. The summed E-state index contributed by atoms with van der Waals surface area (Å²) in [6, 6.07) is 78.4. The van der Waals surface area contributed by atoms with E-state index in [0.29, 0.717) is 130 Å². The van der Waals surface area contributed by atoms with E-state index >= 15 is 28.8 Å². The maximum Gasteiger partial charge on any atom is 0.224 e. The molecule has 0 unspecified atom stereocenters. The Morgan fingerprint density at radius 3 is 0.444 bits per heavy atom. The first-order valence-corrected chi connectivity index (χ1v) is 38.8. The largest absolute Gasteiger partial charge is 0.497 e. The molecule has 0 N–H and O–H groups in total. The van der Waals surface area contributed by atoms with Gasteiger partial charge in [0.25, 0.3) is 0 Å². The van der Waals surface area contributed by atoms with Crippen molar-refractivity contribution in [2.24, 2.45) is 0 Å². The number of hydrogen-bond donors (Lipinski definition) is 0. The Kier molecular flexibility index (Phi) is 19.9. The predicted octanol–water partition coefficient (Wildman–Crippen LogP) is 23.7. The Morgan fingerprint density at radius 1 is 0.176 bits per heavy atom.